The number of imidazole rings is 1. The second-order valence-electron chi connectivity index (χ2n) is 5.22. The monoisotopic (exact) mass is 217 g/mol. The van der Waals surface area contributed by atoms with E-state index < -0.39 is 0 Å². The highest BCUT2D eigenvalue weighted by molar-refractivity contribution is 5.42. The van der Waals surface area contributed by atoms with Crippen molar-refractivity contribution >= 4 is 5.65 Å². The van der Waals surface area contributed by atoms with Crippen LogP contribution in [0.2, 0.25) is 0 Å². The minimum Gasteiger partial charge on any atom is -0.330 e. The van der Waals surface area contributed by atoms with Gasteiger partial charge in [-0.1, -0.05) is 26.8 Å². The van der Waals surface area contributed by atoms with E-state index >= 15 is 0 Å². The summed E-state index contributed by atoms with van der Waals surface area (Å²) >= 11 is 0. The van der Waals surface area contributed by atoms with E-state index in [-0.39, 0.29) is 5.41 Å². The third kappa shape index (κ3) is 2.09. The molecule has 3 nitrogen and oxygen atoms in total. The number of fused-ring (bicyclic) bond motifs is 1. The van der Waals surface area contributed by atoms with Gasteiger partial charge < -0.3 is 10.1 Å². The first kappa shape index (κ1) is 11.1. The molecule has 2 heterocycles. The molecule has 0 bridgehead atoms. The van der Waals surface area contributed by atoms with E-state index in [4.69, 9.17) is 5.73 Å². The first-order valence-corrected chi connectivity index (χ1v) is 5.69. The molecule has 0 aliphatic rings. The van der Waals surface area contributed by atoms with Crippen LogP contribution in [0.3, 0.4) is 0 Å². The number of rotatable bonds is 2. The van der Waals surface area contributed by atoms with Crippen LogP contribution in [0.4, 0.5) is 0 Å². The Balaban J connectivity index is 2.46. The molecule has 2 N–H and O–H groups in total. The van der Waals surface area contributed by atoms with Gasteiger partial charge in [-0.2, -0.15) is 0 Å². The molecule has 0 unspecified atom stereocenters. The third-order valence-corrected chi connectivity index (χ3v) is 2.71. The van der Waals surface area contributed by atoms with Crippen LogP contribution in [0.1, 0.15) is 32.0 Å². The number of nitrogens with two attached hydrogens (primary N) is 1. The predicted molar refractivity (Wildman–Crippen MR) is 66.7 cm³/mol. The topological polar surface area (TPSA) is 43.3 Å². The molecular weight excluding hydrogens is 198 g/mol. The molecule has 3 heteroatoms. The van der Waals surface area contributed by atoms with Crippen molar-refractivity contribution in [3.05, 3.63) is 35.8 Å². The lowest BCUT2D eigenvalue weighted by molar-refractivity contribution is 0.573. The minimum absolute atomic E-state index is 0.0973. The molecule has 0 aliphatic heterocycles. The van der Waals surface area contributed by atoms with E-state index in [1.165, 1.54) is 5.56 Å². The molecule has 0 aromatic carbocycles. The Morgan fingerprint density at radius 1 is 1.25 bits per heavy atom. The first-order chi connectivity index (χ1) is 7.50. The molecule has 86 valence electrons. The van der Waals surface area contributed by atoms with E-state index in [0.717, 1.165) is 17.8 Å². The Bertz CT molecular complexity index is 491. The molecule has 0 fully saturated rings. The zero-order chi connectivity index (χ0) is 11.8. The summed E-state index contributed by atoms with van der Waals surface area (Å²) < 4.78 is 2.09. The van der Waals surface area contributed by atoms with Crippen molar-refractivity contribution in [3.63, 3.8) is 0 Å². The van der Waals surface area contributed by atoms with Crippen molar-refractivity contribution in [2.75, 3.05) is 6.54 Å². The molecule has 0 spiro atoms. The summed E-state index contributed by atoms with van der Waals surface area (Å²) in [6.07, 6.45) is 5.14. The van der Waals surface area contributed by atoms with Crippen molar-refractivity contribution in [2.45, 2.75) is 32.6 Å². The lowest BCUT2D eigenvalue weighted by Crippen LogP contribution is -2.11. The Kier molecular flexibility index (Phi) is 2.72. The minimum atomic E-state index is 0.0973. The van der Waals surface area contributed by atoms with E-state index in [1.807, 2.05) is 0 Å². The molecule has 0 aliphatic carbocycles. The van der Waals surface area contributed by atoms with Crippen LogP contribution in [0, 0.1) is 0 Å². The summed E-state index contributed by atoms with van der Waals surface area (Å²) in [6, 6.07) is 4.15. The lowest BCUT2D eigenvalue weighted by Gasteiger charge is -2.13. The maximum Gasteiger partial charge on any atom is 0.137 e. The maximum atomic E-state index is 5.55. The lowest BCUT2D eigenvalue weighted by atomic mass is 9.93. The fourth-order valence-corrected chi connectivity index (χ4v) is 1.71. The largest absolute Gasteiger partial charge is 0.330 e. The Morgan fingerprint density at radius 2 is 2.00 bits per heavy atom. The fraction of sp³-hybridized carbons (Fsp3) is 0.462. The van der Waals surface area contributed by atoms with Gasteiger partial charge in [0.25, 0.3) is 0 Å². The molecule has 0 saturated heterocycles. The summed E-state index contributed by atoms with van der Waals surface area (Å²) in [6.45, 7) is 7.22. The standard InChI is InChI=1S/C13H19N3/c1-13(2,3)11-9-16-8-10(6-7-14)4-5-12(16)15-11/h4-5,8-9H,6-7,14H2,1-3H3. The molecule has 0 radical (unpaired) electrons. The number of aromatic nitrogens is 2. The SMILES string of the molecule is CC(C)(C)c1cn2cc(CCN)ccc2n1. The molecule has 0 saturated carbocycles. The number of hydrogen-bond acceptors (Lipinski definition) is 2. The van der Waals surface area contributed by atoms with E-state index in [9.17, 15) is 0 Å². The van der Waals surface area contributed by atoms with Gasteiger partial charge in [0.05, 0.1) is 5.69 Å². The predicted octanol–water partition coefficient (Wildman–Crippen LogP) is 2.13. The summed E-state index contributed by atoms with van der Waals surface area (Å²) in [5.41, 5.74) is 9.04. The molecular formula is C13H19N3. The van der Waals surface area contributed by atoms with E-state index in [1.54, 1.807) is 0 Å². The Morgan fingerprint density at radius 3 is 2.62 bits per heavy atom. The van der Waals surface area contributed by atoms with Gasteiger partial charge in [0, 0.05) is 17.8 Å². The average molecular weight is 217 g/mol. The van der Waals surface area contributed by atoms with Gasteiger partial charge >= 0.3 is 0 Å². The van der Waals surface area contributed by atoms with Gasteiger partial charge in [-0.15, -0.1) is 0 Å². The van der Waals surface area contributed by atoms with Gasteiger partial charge in [0.2, 0.25) is 0 Å². The van der Waals surface area contributed by atoms with Crippen LogP contribution in [-0.2, 0) is 11.8 Å². The van der Waals surface area contributed by atoms with Crippen molar-refractivity contribution in [1.82, 2.24) is 9.38 Å². The van der Waals surface area contributed by atoms with Crippen LogP contribution in [0.5, 0.6) is 0 Å². The van der Waals surface area contributed by atoms with Gasteiger partial charge in [-0.25, -0.2) is 4.98 Å². The second-order valence-corrected chi connectivity index (χ2v) is 5.22. The van der Waals surface area contributed by atoms with Crippen molar-refractivity contribution in [2.24, 2.45) is 5.73 Å². The van der Waals surface area contributed by atoms with Gasteiger partial charge in [-0.05, 0) is 24.6 Å². The maximum absolute atomic E-state index is 5.55. The Labute approximate surface area is 96.3 Å². The zero-order valence-corrected chi connectivity index (χ0v) is 10.2. The van der Waals surface area contributed by atoms with Crippen LogP contribution in [0.15, 0.2) is 24.5 Å². The summed E-state index contributed by atoms with van der Waals surface area (Å²) in [5.74, 6) is 0. The van der Waals surface area contributed by atoms with Crippen LogP contribution in [-0.4, -0.2) is 15.9 Å². The molecule has 2 aromatic heterocycles. The smallest absolute Gasteiger partial charge is 0.137 e. The third-order valence-electron chi connectivity index (χ3n) is 2.71. The quantitative estimate of drug-likeness (QED) is 0.837. The van der Waals surface area contributed by atoms with Crippen LogP contribution in [0.25, 0.3) is 5.65 Å². The average Bonchev–Trinajstić information content (AvgIpc) is 2.60. The van der Waals surface area contributed by atoms with Gasteiger partial charge in [0.1, 0.15) is 5.65 Å². The molecule has 2 rings (SSSR count). The molecule has 2 aromatic rings. The molecule has 0 atom stereocenters. The van der Waals surface area contributed by atoms with Crippen LogP contribution < -0.4 is 5.73 Å². The van der Waals surface area contributed by atoms with Gasteiger partial charge in [0.15, 0.2) is 0 Å². The summed E-state index contributed by atoms with van der Waals surface area (Å²) in [7, 11) is 0. The van der Waals surface area contributed by atoms with Crippen LogP contribution >= 0.6 is 0 Å². The van der Waals surface area contributed by atoms with E-state index in [0.29, 0.717) is 6.54 Å². The highest BCUT2D eigenvalue weighted by atomic mass is 15.0. The van der Waals surface area contributed by atoms with Crippen molar-refractivity contribution < 1.29 is 0 Å². The highest BCUT2D eigenvalue weighted by Gasteiger charge is 2.17. The number of pyridine rings is 1. The number of hydrogen-bond donors (Lipinski definition) is 1. The fourth-order valence-electron chi connectivity index (χ4n) is 1.71. The summed E-state index contributed by atoms with van der Waals surface area (Å²) in [4.78, 5) is 4.62. The summed E-state index contributed by atoms with van der Waals surface area (Å²) in [5, 5.41) is 0. The normalized spacial score (nSPS) is 12.2. The highest BCUT2D eigenvalue weighted by Crippen LogP contribution is 2.21. The molecule has 16 heavy (non-hydrogen) atoms. The first-order valence-electron chi connectivity index (χ1n) is 5.69. The van der Waals surface area contributed by atoms with Crippen molar-refractivity contribution in [1.29, 1.82) is 0 Å². The molecule has 0 amide bonds. The van der Waals surface area contributed by atoms with Crippen molar-refractivity contribution in [3.8, 4) is 0 Å². The zero-order valence-electron chi connectivity index (χ0n) is 10.2. The second kappa shape index (κ2) is 3.91. The Hall–Kier alpha value is -1.35. The van der Waals surface area contributed by atoms with E-state index in [2.05, 4.69) is 54.7 Å². The number of nitrogens with zero attached hydrogens (tertiary/aromatic N) is 2. The van der Waals surface area contributed by atoms with Gasteiger partial charge in [-0.3, -0.25) is 0 Å².